The summed E-state index contributed by atoms with van der Waals surface area (Å²) >= 11 is 0.850. The van der Waals surface area contributed by atoms with Crippen LogP contribution in [-0.2, 0) is 46.9 Å². The zero-order valence-electron chi connectivity index (χ0n) is 28.2. The van der Waals surface area contributed by atoms with E-state index in [9.17, 15) is 40.3 Å². The van der Waals surface area contributed by atoms with Gasteiger partial charge in [0, 0.05) is 41.1 Å². The molecule has 8 rings (SSSR count). The summed E-state index contributed by atoms with van der Waals surface area (Å²) in [5.41, 5.74) is -2.35. The number of allylic oxidation sites excluding steroid dienone is 2. The Morgan fingerprint density at radius 2 is 1.78 bits per heavy atom. The van der Waals surface area contributed by atoms with Gasteiger partial charge in [-0.1, -0.05) is 35.6 Å². The number of pyridine rings is 1. The van der Waals surface area contributed by atoms with E-state index >= 15 is 8.78 Å². The number of nitrogens with zero attached hydrogens (tertiary/aromatic N) is 6. The molecule has 0 fully saturated rings. The highest BCUT2D eigenvalue weighted by molar-refractivity contribution is 7.92. The molecule has 0 bridgehead atoms. The van der Waals surface area contributed by atoms with E-state index < -0.39 is 81.0 Å². The van der Waals surface area contributed by atoms with Crippen LogP contribution in [0, 0.1) is 17.6 Å². The second-order valence-electron chi connectivity index (χ2n) is 13.2. The number of alkyl halides is 5. The average Bonchev–Trinajstić information content (AvgIpc) is 3.73. The zero-order chi connectivity index (χ0) is 39.4. The van der Waals surface area contributed by atoms with Gasteiger partial charge in [0.1, 0.15) is 23.9 Å². The summed E-state index contributed by atoms with van der Waals surface area (Å²) in [6, 6.07) is 7.57. The van der Waals surface area contributed by atoms with Crippen molar-refractivity contribution in [3.8, 4) is 16.3 Å². The van der Waals surface area contributed by atoms with E-state index in [1.54, 1.807) is 24.3 Å². The first-order valence-electron chi connectivity index (χ1n) is 16.2. The number of thiazole rings is 1. The lowest BCUT2D eigenvalue weighted by molar-refractivity contribution is -0.142. The number of hydrogen-bond donors (Lipinski definition) is 3. The molecule has 0 saturated heterocycles. The van der Waals surface area contributed by atoms with Crippen molar-refractivity contribution in [3.63, 3.8) is 0 Å². The molecule has 4 aromatic heterocycles. The highest BCUT2D eigenvalue weighted by atomic mass is 32.2. The maximum absolute atomic E-state index is 15.5. The molecule has 0 aliphatic heterocycles. The number of amides is 1. The van der Waals surface area contributed by atoms with Gasteiger partial charge in [-0.15, -0.1) is 0 Å². The minimum Gasteiger partial charge on any atom is -0.486 e. The largest absolute Gasteiger partial charge is 0.486 e. The molecular formula is C34H25F7N8O4S2. The van der Waals surface area contributed by atoms with E-state index in [-0.39, 0.29) is 39.9 Å². The van der Waals surface area contributed by atoms with E-state index in [4.69, 9.17) is 0 Å². The van der Waals surface area contributed by atoms with Gasteiger partial charge in [0.2, 0.25) is 15.9 Å². The van der Waals surface area contributed by atoms with Crippen LogP contribution in [-0.4, -0.2) is 55.2 Å². The highest BCUT2D eigenvalue weighted by Crippen LogP contribution is 2.60. The van der Waals surface area contributed by atoms with Crippen LogP contribution in [0.4, 0.5) is 36.6 Å². The molecule has 0 radical (unpaired) electrons. The van der Waals surface area contributed by atoms with Crippen LogP contribution in [0.25, 0.3) is 32.4 Å². The maximum Gasteiger partial charge on any atom is 0.435 e. The number of carbonyl (C=O) groups excluding carboxylic acids is 1. The molecule has 0 saturated carbocycles. The molecule has 3 atom stereocenters. The predicted molar refractivity (Wildman–Crippen MR) is 185 cm³/mol. The van der Waals surface area contributed by atoms with E-state index in [1.165, 1.54) is 17.8 Å². The summed E-state index contributed by atoms with van der Waals surface area (Å²) in [5, 5.41) is 20.6. The van der Waals surface area contributed by atoms with Crippen molar-refractivity contribution in [2.75, 3.05) is 11.0 Å². The number of aromatic nitrogens is 6. The number of hydrogen-bond acceptors (Lipinski definition) is 9. The van der Waals surface area contributed by atoms with Gasteiger partial charge < -0.3 is 10.4 Å². The quantitative estimate of drug-likeness (QED) is 0.114. The van der Waals surface area contributed by atoms with Crippen molar-refractivity contribution >= 4 is 54.3 Å². The van der Waals surface area contributed by atoms with Crippen LogP contribution in [0.15, 0.2) is 54.6 Å². The predicted octanol–water partition coefficient (Wildman–Crippen LogP) is 6.29. The number of aromatic hydroxyl groups is 1. The van der Waals surface area contributed by atoms with Crippen LogP contribution >= 0.6 is 11.3 Å². The summed E-state index contributed by atoms with van der Waals surface area (Å²) in [5.74, 6) is -9.60. The van der Waals surface area contributed by atoms with E-state index in [1.807, 2.05) is 0 Å². The van der Waals surface area contributed by atoms with Crippen LogP contribution in [0.2, 0.25) is 0 Å². The van der Waals surface area contributed by atoms with Crippen LogP contribution in [0.1, 0.15) is 40.2 Å². The second-order valence-corrected chi connectivity index (χ2v) is 16.0. The lowest BCUT2D eigenvalue weighted by atomic mass is 9.81. The molecular weight excluding hydrogens is 782 g/mol. The number of nitrogens with one attached hydrogen (secondary N) is 2. The first-order valence-corrected chi connectivity index (χ1v) is 18.9. The first-order chi connectivity index (χ1) is 25.8. The Balaban J connectivity index is 1.27. The normalized spacial score (nSPS) is 18.0. The number of rotatable bonds is 9. The Kier molecular flexibility index (Phi) is 8.26. The van der Waals surface area contributed by atoms with E-state index in [2.05, 4.69) is 30.2 Å². The molecule has 3 N–H and O–H groups in total. The average molecular weight is 807 g/mol. The van der Waals surface area contributed by atoms with Gasteiger partial charge >= 0.3 is 6.18 Å². The Bertz CT molecular complexity index is 2700. The first kappa shape index (κ1) is 36.4. The monoisotopic (exact) mass is 806 g/mol. The third kappa shape index (κ3) is 6.33. The van der Waals surface area contributed by atoms with Crippen molar-refractivity contribution in [1.29, 1.82) is 0 Å². The maximum atomic E-state index is 15.5. The number of benzene rings is 2. The SMILES string of the molecule is Cn1nc(NS(C)(=O)=O)c2cccc(-c3cc4sc(O)nc4nc3[C@H](Cc3cc(F)cc(F)c3)NC(=O)Cn3nc(C(F)(F)F)c4c3C(F)(F)[C@@H]3C=C[C@H]43)c21. The molecule has 1 amide bonds. The van der Waals surface area contributed by atoms with Crippen molar-refractivity contribution in [2.24, 2.45) is 13.0 Å². The molecule has 2 aromatic carbocycles. The van der Waals surface area contributed by atoms with Crippen molar-refractivity contribution in [2.45, 2.75) is 37.0 Å². The Morgan fingerprint density at radius 1 is 1.05 bits per heavy atom. The Labute approximate surface area is 309 Å². The number of halogens is 7. The van der Waals surface area contributed by atoms with Gasteiger partial charge in [0.15, 0.2) is 17.2 Å². The number of sulfonamides is 1. The molecule has 12 nitrogen and oxygen atoms in total. The van der Waals surface area contributed by atoms with Crippen molar-refractivity contribution < 1.29 is 49.1 Å². The summed E-state index contributed by atoms with van der Waals surface area (Å²) in [6.07, 6.45) is -2.23. The highest BCUT2D eigenvalue weighted by Gasteiger charge is 2.61. The molecule has 286 valence electrons. The van der Waals surface area contributed by atoms with Crippen LogP contribution in [0.3, 0.4) is 0 Å². The lowest BCUT2D eigenvalue weighted by Crippen LogP contribution is -2.36. The Morgan fingerprint density at radius 3 is 2.44 bits per heavy atom. The number of aryl methyl sites for hydroxylation is 1. The van der Waals surface area contributed by atoms with Gasteiger partial charge in [0.05, 0.1) is 34.1 Å². The standard InChI is InChI=1S/C34H25F7N8O4S2/c1-48-27-17(4-3-5-19(27)30(46-48)47-55(2,52)53)20-12-23-31(44-32(51)54-23)43-26(20)22(10-14-8-15(35)11-16(36)9-14)42-24(50)13-49-29-25(28(45-49)34(39,40)41)18-6-7-21(18)33(29,37)38/h3-9,11-12,18,21-22H,10,13H2,1-2H3,(H,42,50)(H,46,47)(H,43,44,51)/t18-,21+,22-/m0/s1. The van der Waals surface area contributed by atoms with Gasteiger partial charge in [-0.05, 0) is 36.2 Å². The van der Waals surface area contributed by atoms with Gasteiger partial charge in [-0.2, -0.15) is 37.1 Å². The van der Waals surface area contributed by atoms with Crippen molar-refractivity contribution in [3.05, 3.63) is 94.5 Å². The summed E-state index contributed by atoms with van der Waals surface area (Å²) in [7, 11) is -2.25. The van der Waals surface area contributed by atoms with Gasteiger partial charge in [-0.3, -0.25) is 18.9 Å². The molecule has 55 heavy (non-hydrogen) atoms. The Hall–Kier alpha value is -5.57. The van der Waals surface area contributed by atoms with E-state index in [0.717, 1.165) is 35.8 Å². The smallest absolute Gasteiger partial charge is 0.435 e. The van der Waals surface area contributed by atoms with Crippen LogP contribution in [0.5, 0.6) is 5.19 Å². The fourth-order valence-electron chi connectivity index (χ4n) is 7.29. The minimum atomic E-state index is -5.11. The summed E-state index contributed by atoms with van der Waals surface area (Å²) < 4.78 is 131. The van der Waals surface area contributed by atoms with Crippen molar-refractivity contribution in [1.82, 2.24) is 34.8 Å². The number of fused-ring (bicyclic) bond motifs is 5. The van der Waals surface area contributed by atoms with E-state index in [0.29, 0.717) is 31.9 Å². The molecule has 0 spiro atoms. The number of para-hydroxylation sites is 1. The topological polar surface area (TPSA) is 157 Å². The zero-order valence-corrected chi connectivity index (χ0v) is 29.8. The molecule has 0 unspecified atom stereocenters. The molecule has 2 aliphatic carbocycles. The third-order valence-electron chi connectivity index (χ3n) is 9.40. The van der Waals surface area contributed by atoms with Crippen LogP contribution < -0.4 is 10.0 Å². The summed E-state index contributed by atoms with van der Waals surface area (Å²) in [4.78, 5) is 22.5. The van der Waals surface area contributed by atoms with Gasteiger partial charge in [-0.25, -0.2) is 22.2 Å². The molecule has 21 heteroatoms. The molecule has 6 aromatic rings. The fourth-order valence-corrected chi connectivity index (χ4v) is 8.48. The second kappa shape index (κ2) is 12.5. The molecule has 4 heterocycles. The number of anilines is 1. The lowest BCUT2D eigenvalue weighted by Gasteiger charge is -2.27. The number of carbonyl (C=O) groups is 1. The fraction of sp³-hybridized carbons (Fsp3) is 0.265. The van der Waals surface area contributed by atoms with Gasteiger partial charge in [0.25, 0.3) is 11.1 Å². The molecule has 2 aliphatic rings. The minimum absolute atomic E-state index is 0.00340. The third-order valence-corrected chi connectivity index (χ3v) is 10.8. The summed E-state index contributed by atoms with van der Waals surface area (Å²) in [6.45, 7) is -1.10.